The number of imide groups is 1. The van der Waals surface area contributed by atoms with Gasteiger partial charge in [-0.25, -0.2) is 4.79 Å². The minimum atomic E-state index is -1.33. The van der Waals surface area contributed by atoms with Crippen molar-refractivity contribution < 1.29 is 19.4 Å². The second-order valence-electron chi connectivity index (χ2n) is 5.71. The Morgan fingerprint density at radius 3 is 2.58 bits per heavy atom. The summed E-state index contributed by atoms with van der Waals surface area (Å²) in [5, 5.41) is 10.4. The second-order valence-corrected chi connectivity index (χ2v) is 6.56. The molecule has 0 saturated heterocycles. The zero-order chi connectivity index (χ0) is 19.1. The summed E-state index contributed by atoms with van der Waals surface area (Å²) >= 11 is 3.48. The van der Waals surface area contributed by atoms with Gasteiger partial charge in [-0.05, 0) is 69.7 Å². The lowest BCUT2D eigenvalue weighted by Gasteiger charge is -2.13. The fraction of sp³-hybridized carbons (Fsp3) is 0.263. The fourth-order valence-electron chi connectivity index (χ4n) is 2.55. The van der Waals surface area contributed by atoms with E-state index in [1.54, 1.807) is 0 Å². The molecule has 7 heteroatoms. The van der Waals surface area contributed by atoms with Crippen molar-refractivity contribution in [2.75, 3.05) is 0 Å². The molecule has 0 fully saturated rings. The lowest BCUT2D eigenvalue weighted by molar-refractivity contribution is -0.120. The minimum absolute atomic E-state index is 0.117. The average Bonchev–Trinajstić information content (AvgIpc) is 2.61. The highest BCUT2D eigenvalue weighted by Crippen LogP contribution is 2.31. The van der Waals surface area contributed by atoms with Crippen molar-refractivity contribution in [3.63, 3.8) is 0 Å². The molecule has 2 aromatic carbocycles. The number of amides is 2. The molecule has 26 heavy (non-hydrogen) atoms. The second kappa shape index (κ2) is 9.35. The number of carbonyl (C=O) groups excluding carboxylic acids is 1. The predicted molar refractivity (Wildman–Crippen MR) is 102 cm³/mol. The first kappa shape index (κ1) is 19.9. The molecule has 0 bridgehead atoms. The number of ether oxygens (including phenoxy) is 1. The minimum Gasteiger partial charge on any atom is -0.465 e. The summed E-state index contributed by atoms with van der Waals surface area (Å²) in [6.45, 7) is 2.48. The number of rotatable bonds is 7. The van der Waals surface area contributed by atoms with Crippen LogP contribution in [0.4, 0.5) is 4.79 Å². The van der Waals surface area contributed by atoms with Gasteiger partial charge in [0.25, 0.3) is 0 Å². The third-order valence-corrected chi connectivity index (χ3v) is 4.51. The van der Waals surface area contributed by atoms with Gasteiger partial charge in [0.05, 0.1) is 4.47 Å². The summed E-state index contributed by atoms with van der Waals surface area (Å²) in [7, 11) is 0. The highest BCUT2D eigenvalue weighted by atomic mass is 79.9. The number of benzene rings is 2. The average molecular weight is 421 g/mol. The number of carboxylic acid groups (broad SMARTS) is 1. The number of hydrogen-bond acceptors (Lipinski definition) is 4. The van der Waals surface area contributed by atoms with Gasteiger partial charge in [-0.3, -0.25) is 10.1 Å². The highest BCUT2D eigenvalue weighted by Gasteiger charge is 2.10. The molecule has 0 aliphatic carbocycles. The van der Waals surface area contributed by atoms with Crippen molar-refractivity contribution in [3.05, 3.63) is 57.6 Å². The van der Waals surface area contributed by atoms with Crippen molar-refractivity contribution >= 4 is 27.9 Å². The largest absolute Gasteiger partial charge is 0.465 e. The Labute approximate surface area is 160 Å². The molecule has 0 aromatic heterocycles. The zero-order valence-corrected chi connectivity index (χ0v) is 16.0. The van der Waals surface area contributed by atoms with Crippen molar-refractivity contribution in [1.82, 2.24) is 5.32 Å². The lowest BCUT2D eigenvalue weighted by Crippen LogP contribution is -2.28. The van der Waals surface area contributed by atoms with Crippen LogP contribution < -0.4 is 15.8 Å². The maximum Gasteiger partial charge on any atom is 0.411 e. The van der Waals surface area contributed by atoms with E-state index in [1.165, 1.54) is 0 Å². The van der Waals surface area contributed by atoms with E-state index in [0.29, 0.717) is 24.5 Å². The summed E-state index contributed by atoms with van der Waals surface area (Å²) in [4.78, 5) is 22.0. The Kier molecular flexibility index (Phi) is 7.17. The maximum atomic E-state index is 11.5. The van der Waals surface area contributed by atoms with Crippen molar-refractivity contribution in [1.29, 1.82) is 0 Å². The van der Waals surface area contributed by atoms with Gasteiger partial charge >= 0.3 is 6.09 Å². The number of aryl methyl sites for hydroxylation is 2. The van der Waals surface area contributed by atoms with Gasteiger partial charge in [0.1, 0.15) is 11.5 Å². The van der Waals surface area contributed by atoms with Crippen molar-refractivity contribution in [2.45, 2.75) is 32.7 Å². The topological polar surface area (TPSA) is 102 Å². The van der Waals surface area contributed by atoms with Gasteiger partial charge in [0, 0.05) is 13.0 Å². The van der Waals surface area contributed by atoms with Gasteiger partial charge in [-0.1, -0.05) is 19.1 Å². The SMILES string of the molecule is CCc1cc(Oc2ccc(CN)cc2Br)ccc1CCC(=O)NC(=O)O. The van der Waals surface area contributed by atoms with Crippen LogP contribution in [0, 0.1) is 0 Å². The Hall–Kier alpha value is -2.38. The summed E-state index contributed by atoms with van der Waals surface area (Å²) in [5.41, 5.74) is 8.69. The van der Waals surface area contributed by atoms with Crippen LogP contribution in [0.2, 0.25) is 0 Å². The van der Waals surface area contributed by atoms with Crippen molar-refractivity contribution in [2.24, 2.45) is 5.73 Å². The number of nitrogens with one attached hydrogen (secondary N) is 1. The van der Waals surface area contributed by atoms with E-state index in [9.17, 15) is 9.59 Å². The summed E-state index contributed by atoms with van der Waals surface area (Å²) < 4.78 is 6.77. The maximum absolute atomic E-state index is 11.5. The molecule has 0 radical (unpaired) electrons. The molecular formula is C19H21BrN2O4. The quantitative estimate of drug-likeness (QED) is 0.628. The van der Waals surface area contributed by atoms with Gasteiger partial charge in [0.15, 0.2) is 0 Å². The Bertz CT molecular complexity index is 808. The molecule has 0 saturated carbocycles. The molecule has 0 aliphatic rings. The van der Waals surface area contributed by atoms with E-state index in [0.717, 1.165) is 27.6 Å². The van der Waals surface area contributed by atoms with E-state index in [4.69, 9.17) is 15.6 Å². The van der Waals surface area contributed by atoms with Gasteiger partial charge in [-0.2, -0.15) is 0 Å². The first-order valence-corrected chi connectivity index (χ1v) is 9.03. The molecule has 2 aromatic rings. The Morgan fingerprint density at radius 2 is 1.96 bits per heavy atom. The standard InChI is InChI=1S/C19H21BrN2O4/c1-2-13-10-15(26-17-7-3-12(11-21)9-16(17)20)6-4-14(13)5-8-18(23)22-19(24)25/h3-4,6-7,9-10H,2,5,8,11,21H2,1H3,(H,22,23)(H,24,25). The van der Waals surface area contributed by atoms with Crippen molar-refractivity contribution in [3.8, 4) is 11.5 Å². The van der Waals surface area contributed by atoms with Crippen LogP contribution in [0.5, 0.6) is 11.5 Å². The molecule has 2 amide bonds. The van der Waals surface area contributed by atoms with Crippen LogP contribution in [0.15, 0.2) is 40.9 Å². The Morgan fingerprint density at radius 1 is 1.19 bits per heavy atom. The zero-order valence-electron chi connectivity index (χ0n) is 14.4. The number of nitrogens with two attached hydrogens (primary N) is 1. The van der Waals surface area contributed by atoms with Gasteiger partial charge in [0.2, 0.25) is 5.91 Å². The summed E-state index contributed by atoms with van der Waals surface area (Å²) in [6, 6.07) is 11.4. The predicted octanol–water partition coefficient (Wildman–Crippen LogP) is 3.99. The lowest BCUT2D eigenvalue weighted by atomic mass is 10.0. The van der Waals surface area contributed by atoms with Crippen LogP contribution in [0.25, 0.3) is 0 Å². The monoisotopic (exact) mass is 420 g/mol. The highest BCUT2D eigenvalue weighted by molar-refractivity contribution is 9.10. The normalized spacial score (nSPS) is 10.4. The summed E-state index contributed by atoms with van der Waals surface area (Å²) in [6.07, 6.45) is 0.0318. The fourth-order valence-corrected chi connectivity index (χ4v) is 3.06. The molecule has 0 heterocycles. The van der Waals surface area contributed by atoms with Gasteiger partial charge < -0.3 is 15.6 Å². The number of carbonyl (C=O) groups is 2. The van der Waals surface area contributed by atoms with Crippen LogP contribution in [-0.4, -0.2) is 17.1 Å². The van der Waals surface area contributed by atoms with E-state index in [2.05, 4.69) is 15.9 Å². The molecule has 0 unspecified atom stereocenters. The third kappa shape index (κ3) is 5.57. The Balaban J connectivity index is 2.10. The smallest absolute Gasteiger partial charge is 0.411 e. The van der Waals surface area contributed by atoms with Crippen LogP contribution in [-0.2, 0) is 24.2 Å². The van der Waals surface area contributed by atoms with E-state index in [-0.39, 0.29) is 6.42 Å². The molecule has 2 rings (SSSR count). The first-order valence-electron chi connectivity index (χ1n) is 8.23. The molecule has 0 spiro atoms. The summed E-state index contributed by atoms with van der Waals surface area (Å²) in [5.74, 6) is 0.878. The van der Waals surface area contributed by atoms with E-state index in [1.807, 2.05) is 48.6 Å². The molecule has 0 atom stereocenters. The molecule has 138 valence electrons. The molecule has 6 nitrogen and oxygen atoms in total. The van der Waals surface area contributed by atoms with Crippen LogP contribution >= 0.6 is 15.9 Å². The van der Waals surface area contributed by atoms with Crippen LogP contribution in [0.1, 0.15) is 30.0 Å². The van der Waals surface area contributed by atoms with E-state index < -0.39 is 12.0 Å². The van der Waals surface area contributed by atoms with E-state index >= 15 is 0 Å². The van der Waals surface area contributed by atoms with Crippen LogP contribution in [0.3, 0.4) is 0 Å². The third-order valence-electron chi connectivity index (χ3n) is 3.89. The molecule has 0 aliphatic heterocycles. The number of halogens is 1. The number of hydrogen-bond donors (Lipinski definition) is 3. The molecule has 4 N–H and O–H groups in total. The molecular weight excluding hydrogens is 400 g/mol. The van der Waals surface area contributed by atoms with Gasteiger partial charge in [-0.15, -0.1) is 0 Å². The first-order chi connectivity index (χ1) is 12.4.